The van der Waals surface area contributed by atoms with Crippen LogP contribution < -0.4 is 5.69 Å². The lowest BCUT2D eigenvalue weighted by atomic mass is 9.96. The number of nitrogens with zero attached hydrogens (tertiary/aromatic N) is 2. The van der Waals surface area contributed by atoms with Crippen molar-refractivity contribution in [3.05, 3.63) is 57.5 Å². The lowest BCUT2D eigenvalue weighted by Gasteiger charge is -2.18. The van der Waals surface area contributed by atoms with Gasteiger partial charge in [-0.2, -0.15) is 0 Å². The Labute approximate surface area is 147 Å². The van der Waals surface area contributed by atoms with Gasteiger partial charge in [0.05, 0.1) is 11.0 Å². The van der Waals surface area contributed by atoms with Crippen molar-refractivity contribution in [2.45, 2.75) is 34.2 Å². The van der Waals surface area contributed by atoms with Gasteiger partial charge in [-0.15, -0.1) is 0 Å². The summed E-state index contributed by atoms with van der Waals surface area (Å²) in [4.78, 5) is 12.6. The Hall–Kier alpha value is -2.00. The summed E-state index contributed by atoms with van der Waals surface area (Å²) in [7, 11) is 1.83. The van der Waals surface area contributed by atoms with Gasteiger partial charge in [-0.1, -0.05) is 44.5 Å². The SMILES string of the molecule is Cc1ccc(Cl)cc1-c1ccc2c(c1)n(C)c(=O)n2CC(C)(C)C. The maximum atomic E-state index is 12.6. The van der Waals surface area contributed by atoms with Gasteiger partial charge >= 0.3 is 5.69 Å². The van der Waals surface area contributed by atoms with Crippen LogP contribution in [0.1, 0.15) is 26.3 Å². The Morgan fingerprint density at radius 2 is 1.75 bits per heavy atom. The third-order valence-electron chi connectivity index (χ3n) is 4.29. The number of aromatic nitrogens is 2. The minimum absolute atomic E-state index is 0.0277. The molecule has 0 spiro atoms. The summed E-state index contributed by atoms with van der Waals surface area (Å²) >= 11 is 6.16. The summed E-state index contributed by atoms with van der Waals surface area (Å²) in [5.74, 6) is 0. The second kappa shape index (κ2) is 5.82. The van der Waals surface area contributed by atoms with Crippen LogP contribution in [-0.4, -0.2) is 9.13 Å². The van der Waals surface area contributed by atoms with Gasteiger partial charge in [0.1, 0.15) is 0 Å². The van der Waals surface area contributed by atoms with E-state index in [-0.39, 0.29) is 11.1 Å². The summed E-state index contributed by atoms with van der Waals surface area (Å²) in [6.07, 6.45) is 0. The molecule has 1 heterocycles. The highest BCUT2D eigenvalue weighted by molar-refractivity contribution is 6.30. The van der Waals surface area contributed by atoms with Crippen molar-refractivity contribution in [1.82, 2.24) is 9.13 Å². The number of rotatable bonds is 2. The van der Waals surface area contributed by atoms with Crippen molar-refractivity contribution in [3.8, 4) is 11.1 Å². The lowest BCUT2D eigenvalue weighted by molar-refractivity contribution is 0.342. The molecule has 126 valence electrons. The van der Waals surface area contributed by atoms with Gasteiger partial charge in [0.25, 0.3) is 0 Å². The number of aryl methyl sites for hydroxylation is 2. The van der Waals surface area contributed by atoms with Crippen molar-refractivity contribution in [2.24, 2.45) is 12.5 Å². The Morgan fingerprint density at radius 3 is 2.42 bits per heavy atom. The highest BCUT2D eigenvalue weighted by atomic mass is 35.5. The van der Waals surface area contributed by atoms with E-state index in [1.165, 1.54) is 0 Å². The normalized spacial score (nSPS) is 12.1. The van der Waals surface area contributed by atoms with Crippen LogP contribution in [0.3, 0.4) is 0 Å². The van der Waals surface area contributed by atoms with Gasteiger partial charge in [-0.25, -0.2) is 4.79 Å². The molecule has 0 amide bonds. The first kappa shape index (κ1) is 16.8. The largest absolute Gasteiger partial charge is 0.328 e. The van der Waals surface area contributed by atoms with E-state index in [2.05, 4.69) is 39.8 Å². The Kier molecular flexibility index (Phi) is 4.08. The predicted molar refractivity (Wildman–Crippen MR) is 102 cm³/mol. The smallest absolute Gasteiger partial charge is 0.295 e. The van der Waals surface area contributed by atoms with Crippen molar-refractivity contribution < 1.29 is 0 Å². The molecule has 4 heteroatoms. The molecule has 3 nitrogen and oxygen atoms in total. The standard InChI is InChI=1S/C20H23ClN2O/c1-13-6-8-15(21)11-16(13)14-7-9-17-18(10-14)22(5)19(24)23(17)12-20(2,3)4/h6-11H,12H2,1-5H3. The topological polar surface area (TPSA) is 26.9 Å². The maximum Gasteiger partial charge on any atom is 0.328 e. The fourth-order valence-corrected chi connectivity index (χ4v) is 3.28. The average Bonchev–Trinajstić information content (AvgIpc) is 2.73. The second-order valence-electron chi connectivity index (χ2n) is 7.65. The summed E-state index contributed by atoms with van der Waals surface area (Å²) in [6.45, 7) is 9.18. The molecule has 3 aromatic rings. The van der Waals surface area contributed by atoms with Crippen LogP contribution in [0.5, 0.6) is 0 Å². The monoisotopic (exact) mass is 342 g/mol. The molecule has 0 fully saturated rings. The highest BCUT2D eigenvalue weighted by Gasteiger charge is 2.18. The van der Waals surface area contributed by atoms with Gasteiger partial charge in [0, 0.05) is 18.6 Å². The Balaban J connectivity index is 2.21. The fraction of sp³-hybridized carbons (Fsp3) is 0.350. The predicted octanol–water partition coefficient (Wildman–Crippen LogP) is 5.01. The zero-order valence-electron chi connectivity index (χ0n) is 14.9. The fourth-order valence-electron chi connectivity index (χ4n) is 3.11. The number of hydrogen-bond acceptors (Lipinski definition) is 1. The molecule has 0 unspecified atom stereocenters. The molecule has 2 aromatic carbocycles. The molecule has 0 aliphatic carbocycles. The van der Waals surface area contributed by atoms with Crippen LogP contribution in [0.4, 0.5) is 0 Å². The van der Waals surface area contributed by atoms with Crippen LogP contribution in [-0.2, 0) is 13.6 Å². The third kappa shape index (κ3) is 3.01. The first-order valence-electron chi connectivity index (χ1n) is 8.13. The van der Waals surface area contributed by atoms with Gasteiger partial charge in [0.2, 0.25) is 0 Å². The second-order valence-corrected chi connectivity index (χ2v) is 8.09. The van der Waals surface area contributed by atoms with Crippen LogP contribution in [0, 0.1) is 12.3 Å². The molecule has 1 aromatic heterocycles. The van der Waals surface area contributed by atoms with E-state index < -0.39 is 0 Å². The lowest BCUT2D eigenvalue weighted by Crippen LogP contribution is -2.27. The quantitative estimate of drug-likeness (QED) is 0.642. The van der Waals surface area contributed by atoms with Crippen molar-refractivity contribution in [1.29, 1.82) is 0 Å². The maximum absolute atomic E-state index is 12.6. The Morgan fingerprint density at radius 1 is 1.04 bits per heavy atom. The molecule has 0 radical (unpaired) electrons. The van der Waals surface area contributed by atoms with Gasteiger partial charge < -0.3 is 0 Å². The van der Waals surface area contributed by atoms with Crippen molar-refractivity contribution >= 4 is 22.6 Å². The molecule has 24 heavy (non-hydrogen) atoms. The van der Waals surface area contributed by atoms with Gasteiger partial charge in [-0.3, -0.25) is 9.13 Å². The zero-order valence-corrected chi connectivity index (χ0v) is 15.6. The molecule has 0 aliphatic heterocycles. The van der Waals surface area contributed by atoms with E-state index in [9.17, 15) is 4.79 Å². The van der Waals surface area contributed by atoms with Gasteiger partial charge in [-0.05, 0) is 53.3 Å². The first-order chi connectivity index (χ1) is 11.2. The van der Waals surface area contributed by atoms with Crippen LogP contribution >= 0.6 is 11.6 Å². The molecule has 0 bridgehead atoms. The minimum atomic E-state index is 0.0277. The summed E-state index contributed by atoms with van der Waals surface area (Å²) in [6, 6.07) is 12.1. The molecule has 0 atom stereocenters. The average molecular weight is 343 g/mol. The van der Waals surface area contributed by atoms with Crippen molar-refractivity contribution in [3.63, 3.8) is 0 Å². The van der Waals surface area contributed by atoms with Crippen LogP contribution in [0.15, 0.2) is 41.2 Å². The highest BCUT2D eigenvalue weighted by Crippen LogP contribution is 2.29. The molecular weight excluding hydrogens is 320 g/mol. The molecule has 3 rings (SSSR count). The van der Waals surface area contributed by atoms with E-state index in [0.29, 0.717) is 6.54 Å². The molecule has 0 aliphatic rings. The van der Waals surface area contributed by atoms with Crippen LogP contribution in [0.25, 0.3) is 22.2 Å². The zero-order chi connectivity index (χ0) is 17.6. The summed E-state index contributed by atoms with van der Waals surface area (Å²) < 4.78 is 3.59. The third-order valence-corrected chi connectivity index (χ3v) is 4.52. The number of benzene rings is 2. The Bertz CT molecular complexity index is 974. The van der Waals surface area contributed by atoms with E-state index in [4.69, 9.17) is 11.6 Å². The van der Waals surface area contributed by atoms with E-state index in [1.54, 1.807) is 4.57 Å². The molecule has 0 saturated heterocycles. The minimum Gasteiger partial charge on any atom is -0.295 e. The number of hydrogen-bond donors (Lipinski definition) is 0. The summed E-state index contributed by atoms with van der Waals surface area (Å²) in [5.41, 5.74) is 5.33. The molecular formula is C20H23ClN2O. The van der Waals surface area contributed by atoms with E-state index in [0.717, 1.165) is 32.7 Å². The van der Waals surface area contributed by atoms with Crippen molar-refractivity contribution in [2.75, 3.05) is 0 Å². The van der Waals surface area contributed by atoms with E-state index >= 15 is 0 Å². The van der Waals surface area contributed by atoms with E-state index in [1.807, 2.05) is 35.9 Å². The molecule has 0 saturated carbocycles. The first-order valence-corrected chi connectivity index (χ1v) is 8.51. The number of imidazole rings is 1. The van der Waals surface area contributed by atoms with Gasteiger partial charge in [0.15, 0.2) is 0 Å². The number of fused-ring (bicyclic) bond motifs is 1. The van der Waals surface area contributed by atoms with Crippen LogP contribution in [0.2, 0.25) is 5.02 Å². The summed E-state index contributed by atoms with van der Waals surface area (Å²) in [5, 5.41) is 0.717. The molecule has 0 N–H and O–H groups in total. The number of halogens is 1.